The lowest BCUT2D eigenvalue weighted by molar-refractivity contribution is 0.0786. The van der Waals surface area contributed by atoms with Crippen LogP contribution in [-0.2, 0) is 31.0 Å². The molecular formula is C21H26N6O3. The Hall–Kier alpha value is -2.75. The van der Waals surface area contributed by atoms with Gasteiger partial charge in [0.1, 0.15) is 0 Å². The van der Waals surface area contributed by atoms with Crippen molar-refractivity contribution in [3.63, 3.8) is 0 Å². The molecule has 0 radical (unpaired) electrons. The number of aromatic nitrogens is 4. The van der Waals surface area contributed by atoms with Gasteiger partial charge in [0.25, 0.3) is 5.56 Å². The average molecular weight is 410 g/mol. The molecule has 1 N–H and O–H groups in total. The van der Waals surface area contributed by atoms with Crippen molar-refractivity contribution in [3.05, 3.63) is 52.3 Å². The van der Waals surface area contributed by atoms with Crippen LogP contribution in [-0.4, -0.2) is 68.7 Å². The maximum absolute atomic E-state index is 12.5. The number of fused-ring (bicyclic) bond motifs is 2. The Bertz CT molecular complexity index is 1100. The molecule has 2 aliphatic rings. The van der Waals surface area contributed by atoms with Crippen LogP contribution in [0.5, 0.6) is 0 Å². The van der Waals surface area contributed by atoms with Crippen molar-refractivity contribution in [2.75, 3.05) is 44.3 Å². The van der Waals surface area contributed by atoms with E-state index in [1.807, 2.05) is 24.4 Å². The van der Waals surface area contributed by atoms with Crippen LogP contribution in [0.1, 0.15) is 11.3 Å². The quantitative estimate of drug-likeness (QED) is 0.653. The lowest BCUT2D eigenvalue weighted by atomic mass is 10.1. The van der Waals surface area contributed by atoms with E-state index in [0.29, 0.717) is 17.5 Å². The van der Waals surface area contributed by atoms with E-state index in [2.05, 4.69) is 24.6 Å². The molecule has 158 valence electrons. The molecule has 3 aromatic rings. The third-order valence-corrected chi connectivity index (χ3v) is 6.00. The van der Waals surface area contributed by atoms with Gasteiger partial charge in [-0.2, -0.15) is 5.10 Å². The summed E-state index contributed by atoms with van der Waals surface area (Å²) in [6, 6.07) is 5.83. The summed E-state index contributed by atoms with van der Waals surface area (Å²) in [5.41, 5.74) is 4.14. The molecule has 2 aromatic heterocycles. The van der Waals surface area contributed by atoms with Gasteiger partial charge in [-0.15, -0.1) is 0 Å². The summed E-state index contributed by atoms with van der Waals surface area (Å²) in [6.07, 6.45) is 3.49. The van der Waals surface area contributed by atoms with E-state index >= 15 is 0 Å². The van der Waals surface area contributed by atoms with Gasteiger partial charge in [0, 0.05) is 44.0 Å². The van der Waals surface area contributed by atoms with E-state index in [0.717, 1.165) is 51.6 Å². The number of hydrogen-bond acceptors (Lipinski definition) is 7. The molecule has 0 aliphatic carbocycles. The van der Waals surface area contributed by atoms with Crippen LogP contribution in [0.4, 0.5) is 5.69 Å². The van der Waals surface area contributed by atoms with Gasteiger partial charge in [0.2, 0.25) is 0 Å². The largest absolute Gasteiger partial charge is 0.395 e. The van der Waals surface area contributed by atoms with Gasteiger partial charge in [-0.25, -0.2) is 4.98 Å². The third-order valence-electron chi connectivity index (χ3n) is 6.00. The van der Waals surface area contributed by atoms with Crippen molar-refractivity contribution in [1.82, 2.24) is 24.2 Å². The average Bonchev–Trinajstić information content (AvgIpc) is 3.19. The lowest BCUT2D eigenvalue weighted by Gasteiger charge is -2.36. The molecule has 5 rings (SSSR count). The maximum atomic E-state index is 12.5. The normalized spacial score (nSPS) is 17.4. The van der Waals surface area contributed by atoms with Gasteiger partial charge in [-0.05, 0) is 18.2 Å². The summed E-state index contributed by atoms with van der Waals surface area (Å²) in [5, 5.41) is 14.2. The lowest BCUT2D eigenvalue weighted by Crippen LogP contribution is -2.46. The molecule has 0 bridgehead atoms. The second-order valence-corrected chi connectivity index (χ2v) is 7.82. The number of ether oxygens (including phenoxy) is 1. The van der Waals surface area contributed by atoms with E-state index in [4.69, 9.17) is 9.84 Å². The Balaban J connectivity index is 1.26. The minimum absolute atomic E-state index is 0.0786. The zero-order valence-corrected chi connectivity index (χ0v) is 16.9. The second-order valence-electron chi connectivity index (χ2n) is 7.82. The Morgan fingerprint density at radius 2 is 2.00 bits per heavy atom. The molecular weight excluding hydrogens is 384 g/mol. The standard InChI is InChI=1S/C21H26N6O3/c28-9-7-26-15-22-19-11-17(1-2-18(19)21(26)29)25-5-3-24(4-6-25)13-16-12-23-27-8-10-30-14-20(16)27/h1-2,11-12,15,28H,3-10,13-14H2. The topological polar surface area (TPSA) is 88.7 Å². The molecule has 0 saturated carbocycles. The summed E-state index contributed by atoms with van der Waals surface area (Å²) in [4.78, 5) is 21.7. The highest BCUT2D eigenvalue weighted by molar-refractivity contribution is 5.81. The first-order chi connectivity index (χ1) is 14.7. The van der Waals surface area contributed by atoms with Crippen molar-refractivity contribution >= 4 is 16.6 Å². The van der Waals surface area contributed by atoms with Crippen LogP contribution >= 0.6 is 0 Å². The number of aliphatic hydroxyl groups is 1. The van der Waals surface area contributed by atoms with E-state index in [1.165, 1.54) is 22.2 Å². The van der Waals surface area contributed by atoms with Crippen LogP contribution in [0.2, 0.25) is 0 Å². The van der Waals surface area contributed by atoms with E-state index < -0.39 is 0 Å². The molecule has 0 amide bonds. The Kier molecular flexibility index (Phi) is 5.24. The fourth-order valence-electron chi connectivity index (χ4n) is 4.28. The molecule has 9 nitrogen and oxygen atoms in total. The van der Waals surface area contributed by atoms with Gasteiger partial charge >= 0.3 is 0 Å². The fourth-order valence-corrected chi connectivity index (χ4v) is 4.28. The number of hydrogen-bond donors (Lipinski definition) is 1. The Morgan fingerprint density at radius 1 is 1.13 bits per heavy atom. The van der Waals surface area contributed by atoms with Crippen molar-refractivity contribution < 1.29 is 9.84 Å². The zero-order valence-electron chi connectivity index (χ0n) is 16.9. The van der Waals surface area contributed by atoms with Crippen LogP contribution in [0.25, 0.3) is 10.9 Å². The van der Waals surface area contributed by atoms with Gasteiger partial charge in [0.05, 0.1) is 62.0 Å². The molecule has 2 aliphatic heterocycles. The van der Waals surface area contributed by atoms with E-state index in [-0.39, 0.29) is 18.7 Å². The minimum atomic E-state index is -0.112. The first-order valence-electron chi connectivity index (χ1n) is 10.4. The van der Waals surface area contributed by atoms with Crippen molar-refractivity contribution in [3.8, 4) is 0 Å². The summed E-state index contributed by atoms with van der Waals surface area (Å²) >= 11 is 0. The smallest absolute Gasteiger partial charge is 0.261 e. The summed E-state index contributed by atoms with van der Waals surface area (Å²) in [7, 11) is 0. The number of benzene rings is 1. The Labute approximate surface area is 174 Å². The van der Waals surface area contributed by atoms with Gasteiger partial charge in [0.15, 0.2) is 0 Å². The molecule has 0 spiro atoms. The molecule has 4 heterocycles. The predicted octanol–water partition coefficient (Wildman–Crippen LogP) is 0.438. The fraction of sp³-hybridized carbons (Fsp3) is 0.476. The second kappa shape index (κ2) is 8.17. The molecule has 1 fully saturated rings. The summed E-state index contributed by atoms with van der Waals surface area (Å²) in [6.45, 7) is 7.09. The molecule has 0 atom stereocenters. The zero-order chi connectivity index (χ0) is 20.5. The first-order valence-corrected chi connectivity index (χ1v) is 10.4. The van der Waals surface area contributed by atoms with Gasteiger partial charge in [-0.1, -0.05) is 0 Å². The molecule has 30 heavy (non-hydrogen) atoms. The third kappa shape index (κ3) is 3.60. The van der Waals surface area contributed by atoms with Crippen LogP contribution in [0, 0.1) is 0 Å². The Morgan fingerprint density at radius 3 is 2.83 bits per heavy atom. The molecule has 0 unspecified atom stereocenters. The highest BCUT2D eigenvalue weighted by atomic mass is 16.5. The first kappa shape index (κ1) is 19.2. The number of anilines is 1. The number of piperazine rings is 1. The highest BCUT2D eigenvalue weighted by Crippen LogP contribution is 2.22. The highest BCUT2D eigenvalue weighted by Gasteiger charge is 2.21. The van der Waals surface area contributed by atoms with Crippen LogP contribution < -0.4 is 10.5 Å². The van der Waals surface area contributed by atoms with E-state index in [1.54, 1.807) is 0 Å². The summed E-state index contributed by atoms with van der Waals surface area (Å²) in [5.74, 6) is 0. The molecule has 1 aromatic carbocycles. The predicted molar refractivity (Wildman–Crippen MR) is 112 cm³/mol. The summed E-state index contributed by atoms with van der Waals surface area (Å²) < 4.78 is 9.10. The van der Waals surface area contributed by atoms with Crippen LogP contribution in [0.3, 0.4) is 0 Å². The number of nitrogens with zero attached hydrogens (tertiary/aromatic N) is 6. The van der Waals surface area contributed by atoms with Crippen molar-refractivity contribution in [1.29, 1.82) is 0 Å². The minimum Gasteiger partial charge on any atom is -0.395 e. The van der Waals surface area contributed by atoms with Gasteiger partial charge in [-0.3, -0.25) is 18.9 Å². The monoisotopic (exact) mass is 410 g/mol. The number of aliphatic hydroxyl groups excluding tert-OH is 1. The van der Waals surface area contributed by atoms with Crippen molar-refractivity contribution in [2.45, 2.75) is 26.2 Å². The maximum Gasteiger partial charge on any atom is 0.261 e. The van der Waals surface area contributed by atoms with Crippen LogP contribution in [0.15, 0.2) is 35.5 Å². The molecule has 9 heteroatoms. The van der Waals surface area contributed by atoms with E-state index in [9.17, 15) is 4.79 Å². The van der Waals surface area contributed by atoms with Crippen molar-refractivity contribution in [2.24, 2.45) is 0 Å². The molecule has 1 saturated heterocycles. The van der Waals surface area contributed by atoms with Gasteiger partial charge < -0.3 is 14.7 Å². The number of rotatable bonds is 5. The SMILES string of the molecule is O=c1c2ccc(N3CCN(Cc4cnn5c4COCC5)CC3)cc2ncn1CCO.